The maximum Gasteiger partial charge on any atom is 0.227 e. The van der Waals surface area contributed by atoms with Gasteiger partial charge in [0.1, 0.15) is 5.82 Å². The third kappa shape index (κ3) is 4.45. The molecule has 1 atom stereocenters. The molecule has 0 aliphatic carbocycles. The predicted molar refractivity (Wildman–Crippen MR) is 106 cm³/mol. The topological polar surface area (TPSA) is 67.8 Å². The summed E-state index contributed by atoms with van der Waals surface area (Å²) in [5, 5.41) is 12.7. The first-order chi connectivity index (χ1) is 12.6. The lowest BCUT2D eigenvalue weighted by atomic mass is 9.97. The average Bonchev–Trinajstić information content (AvgIpc) is 2.68. The molecule has 1 aromatic rings. The third-order valence-corrected chi connectivity index (χ3v) is 5.87. The van der Waals surface area contributed by atoms with Crippen LogP contribution < -0.4 is 10.2 Å². The molecule has 0 spiro atoms. The molecular formula is C19H34N6O. The zero-order valence-electron chi connectivity index (χ0n) is 16.4. The molecule has 0 amide bonds. The van der Waals surface area contributed by atoms with Gasteiger partial charge in [-0.05, 0) is 52.3 Å². The van der Waals surface area contributed by atoms with Crippen LogP contribution in [0.15, 0.2) is 12.3 Å². The van der Waals surface area contributed by atoms with E-state index in [4.69, 9.17) is 0 Å². The van der Waals surface area contributed by atoms with Crippen molar-refractivity contribution in [1.82, 2.24) is 19.8 Å². The Labute approximate surface area is 157 Å². The molecule has 2 aliphatic heterocycles. The molecule has 146 valence electrons. The Kier molecular flexibility index (Phi) is 6.67. The van der Waals surface area contributed by atoms with Crippen LogP contribution in [0.1, 0.15) is 33.1 Å². The fourth-order valence-corrected chi connectivity index (χ4v) is 4.31. The number of piperazine rings is 1. The summed E-state index contributed by atoms with van der Waals surface area (Å²) in [6, 6.07) is 3.52. The number of nitrogens with one attached hydrogen (secondary N) is 1. The second kappa shape index (κ2) is 8.97. The quantitative estimate of drug-likeness (QED) is 0.790. The van der Waals surface area contributed by atoms with E-state index in [9.17, 15) is 5.11 Å². The first-order valence-corrected chi connectivity index (χ1v) is 9.98. The van der Waals surface area contributed by atoms with Gasteiger partial charge in [-0.1, -0.05) is 0 Å². The Morgan fingerprint density at radius 2 is 2.00 bits per heavy atom. The normalized spacial score (nSPS) is 23.6. The molecule has 3 heterocycles. The van der Waals surface area contributed by atoms with Gasteiger partial charge in [0, 0.05) is 57.6 Å². The highest BCUT2D eigenvalue weighted by Crippen LogP contribution is 2.25. The number of likely N-dealkylation sites (tertiary alicyclic amines) is 1. The van der Waals surface area contributed by atoms with Gasteiger partial charge in [0.2, 0.25) is 5.95 Å². The minimum absolute atomic E-state index is 0.233. The number of aliphatic hydroxyl groups is 1. The molecule has 0 radical (unpaired) electrons. The van der Waals surface area contributed by atoms with Crippen molar-refractivity contribution < 1.29 is 5.11 Å². The van der Waals surface area contributed by atoms with Crippen LogP contribution in [-0.2, 0) is 0 Å². The molecule has 2 saturated heterocycles. The van der Waals surface area contributed by atoms with E-state index in [1.54, 1.807) is 0 Å². The molecule has 1 unspecified atom stereocenters. The van der Waals surface area contributed by atoms with Gasteiger partial charge in [0.15, 0.2) is 0 Å². The third-order valence-electron chi connectivity index (χ3n) is 5.87. The second-order valence-corrected chi connectivity index (χ2v) is 7.70. The van der Waals surface area contributed by atoms with Gasteiger partial charge >= 0.3 is 0 Å². The molecule has 0 aromatic carbocycles. The summed E-state index contributed by atoms with van der Waals surface area (Å²) in [7, 11) is 1.88. The van der Waals surface area contributed by atoms with Gasteiger partial charge in [-0.15, -0.1) is 0 Å². The molecule has 3 rings (SSSR count). The number of hydrogen-bond acceptors (Lipinski definition) is 7. The minimum atomic E-state index is 0.233. The van der Waals surface area contributed by atoms with E-state index in [1.165, 1.54) is 25.9 Å². The van der Waals surface area contributed by atoms with Crippen molar-refractivity contribution in [2.24, 2.45) is 0 Å². The first kappa shape index (κ1) is 19.3. The summed E-state index contributed by atoms with van der Waals surface area (Å²) in [6.07, 6.45) is 5.08. The molecule has 0 bridgehead atoms. The van der Waals surface area contributed by atoms with Crippen molar-refractivity contribution in [2.45, 2.75) is 51.2 Å². The largest absolute Gasteiger partial charge is 0.396 e. The van der Waals surface area contributed by atoms with Crippen LogP contribution in [0.2, 0.25) is 0 Å². The standard InChI is InChI=1S/C19H34N6O/c1-15(2)23-9-5-16(6-10-23)25-12-11-24(14-17(25)7-13-26)19-21-8-4-18(20-3)22-19/h4,8,15-17,26H,5-7,9-14H2,1-3H3,(H,20,21,22). The van der Waals surface area contributed by atoms with Crippen molar-refractivity contribution in [1.29, 1.82) is 0 Å². The van der Waals surface area contributed by atoms with Gasteiger partial charge < -0.3 is 20.2 Å². The lowest BCUT2D eigenvalue weighted by Crippen LogP contribution is -2.59. The summed E-state index contributed by atoms with van der Waals surface area (Å²) in [5.74, 6) is 1.63. The van der Waals surface area contributed by atoms with Crippen LogP contribution >= 0.6 is 0 Å². The molecule has 2 N–H and O–H groups in total. The Morgan fingerprint density at radius 1 is 1.23 bits per heavy atom. The van der Waals surface area contributed by atoms with E-state index in [1.807, 2.05) is 19.3 Å². The summed E-state index contributed by atoms with van der Waals surface area (Å²) >= 11 is 0. The highest BCUT2D eigenvalue weighted by Gasteiger charge is 2.34. The van der Waals surface area contributed by atoms with Crippen molar-refractivity contribution in [3.63, 3.8) is 0 Å². The van der Waals surface area contributed by atoms with E-state index in [2.05, 4.69) is 43.8 Å². The molecule has 1 aromatic heterocycles. The summed E-state index contributed by atoms with van der Waals surface area (Å²) < 4.78 is 0. The molecule has 7 nitrogen and oxygen atoms in total. The van der Waals surface area contributed by atoms with Crippen molar-refractivity contribution in [2.75, 3.05) is 56.6 Å². The maximum absolute atomic E-state index is 9.59. The molecule has 7 heteroatoms. The average molecular weight is 363 g/mol. The van der Waals surface area contributed by atoms with Crippen LogP contribution in [-0.4, -0.2) is 89.4 Å². The number of anilines is 2. The van der Waals surface area contributed by atoms with Crippen LogP contribution in [0.3, 0.4) is 0 Å². The maximum atomic E-state index is 9.59. The Balaban J connectivity index is 1.64. The summed E-state index contributed by atoms with van der Waals surface area (Å²) in [4.78, 5) is 16.5. The molecular weight excluding hydrogens is 328 g/mol. The van der Waals surface area contributed by atoms with Crippen molar-refractivity contribution >= 4 is 11.8 Å². The summed E-state index contributed by atoms with van der Waals surface area (Å²) in [6.45, 7) is 10.0. The van der Waals surface area contributed by atoms with Crippen molar-refractivity contribution in [3.05, 3.63) is 12.3 Å². The number of hydrogen-bond donors (Lipinski definition) is 2. The molecule has 0 saturated carbocycles. The zero-order valence-corrected chi connectivity index (χ0v) is 16.4. The van der Waals surface area contributed by atoms with E-state index in [0.717, 1.165) is 37.8 Å². The summed E-state index contributed by atoms with van der Waals surface area (Å²) in [5.41, 5.74) is 0. The van der Waals surface area contributed by atoms with E-state index >= 15 is 0 Å². The smallest absolute Gasteiger partial charge is 0.227 e. The predicted octanol–water partition coefficient (Wildman–Crippen LogP) is 1.26. The molecule has 2 fully saturated rings. The van der Waals surface area contributed by atoms with E-state index in [-0.39, 0.29) is 6.61 Å². The monoisotopic (exact) mass is 362 g/mol. The van der Waals surface area contributed by atoms with Gasteiger partial charge in [0.25, 0.3) is 0 Å². The fraction of sp³-hybridized carbons (Fsp3) is 0.789. The van der Waals surface area contributed by atoms with Crippen LogP contribution in [0.5, 0.6) is 0 Å². The van der Waals surface area contributed by atoms with Gasteiger partial charge in [-0.25, -0.2) is 4.98 Å². The number of piperidine rings is 1. The molecule has 2 aliphatic rings. The highest BCUT2D eigenvalue weighted by atomic mass is 16.3. The fourth-order valence-electron chi connectivity index (χ4n) is 4.31. The number of rotatable bonds is 6. The van der Waals surface area contributed by atoms with Gasteiger partial charge in [-0.2, -0.15) is 4.98 Å². The van der Waals surface area contributed by atoms with Crippen LogP contribution in [0.25, 0.3) is 0 Å². The SMILES string of the molecule is CNc1ccnc(N2CCN(C3CCN(C(C)C)CC3)C(CCO)C2)n1. The zero-order chi connectivity index (χ0) is 18.5. The van der Waals surface area contributed by atoms with E-state index < -0.39 is 0 Å². The highest BCUT2D eigenvalue weighted by molar-refractivity contribution is 5.41. The minimum Gasteiger partial charge on any atom is -0.396 e. The Morgan fingerprint density at radius 3 is 2.65 bits per heavy atom. The first-order valence-electron chi connectivity index (χ1n) is 9.98. The number of aliphatic hydroxyl groups excluding tert-OH is 1. The Hall–Kier alpha value is -1.44. The Bertz CT molecular complexity index is 561. The van der Waals surface area contributed by atoms with Crippen LogP contribution in [0.4, 0.5) is 11.8 Å². The lowest BCUT2D eigenvalue weighted by molar-refractivity contribution is 0.0461. The van der Waals surface area contributed by atoms with Crippen LogP contribution in [0, 0.1) is 0 Å². The lowest BCUT2D eigenvalue weighted by Gasteiger charge is -2.48. The van der Waals surface area contributed by atoms with Gasteiger partial charge in [-0.3, -0.25) is 4.90 Å². The van der Waals surface area contributed by atoms with E-state index in [0.29, 0.717) is 18.1 Å². The van der Waals surface area contributed by atoms with Gasteiger partial charge in [0.05, 0.1) is 0 Å². The molecule has 26 heavy (non-hydrogen) atoms. The van der Waals surface area contributed by atoms with Crippen molar-refractivity contribution in [3.8, 4) is 0 Å². The number of nitrogens with zero attached hydrogens (tertiary/aromatic N) is 5. The second-order valence-electron chi connectivity index (χ2n) is 7.70. The number of aromatic nitrogens is 2.